The topological polar surface area (TPSA) is 74.7 Å². The first kappa shape index (κ1) is 19.3. The van der Waals surface area contributed by atoms with E-state index in [2.05, 4.69) is 0 Å². The number of piperidine rings is 1. The maximum atomic E-state index is 12.6. The molecule has 0 aromatic heterocycles. The molecule has 27 heavy (non-hydrogen) atoms. The van der Waals surface area contributed by atoms with Gasteiger partial charge in [-0.3, -0.25) is 4.79 Å². The van der Waals surface area contributed by atoms with Gasteiger partial charge < -0.3 is 10.0 Å². The number of benzene rings is 2. The number of phenolic OH excluding ortho intramolecular Hbond substituents is 1. The van der Waals surface area contributed by atoms with Gasteiger partial charge in [0, 0.05) is 18.7 Å². The number of rotatable bonds is 4. The zero-order valence-corrected chi connectivity index (χ0v) is 15.2. The van der Waals surface area contributed by atoms with Gasteiger partial charge in [0.25, 0.3) is 5.91 Å². The highest BCUT2D eigenvalue weighted by atomic mass is 32.2. The van der Waals surface area contributed by atoms with Crippen LogP contribution in [0.4, 0.5) is 8.78 Å². The van der Waals surface area contributed by atoms with Crippen LogP contribution in [0.1, 0.15) is 34.7 Å². The van der Waals surface area contributed by atoms with Gasteiger partial charge in [-0.05, 0) is 60.7 Å². The van der Waals surface area contributed by atoms with Gasteiger partial charge in [0.15, 0.2) is 0 Å². The number of halogens is 2. The second kappa shape index (κ2) is 7.64. The molecule has 2 aromatic rings. The Morgan fingerprint density at radius 3 is 2.07 bits per heavy atom. The molecule has 0 aliphatic carbocycles. The number of amides is 1. The number of phenols is 1. The molecule has 5 nitrogen and oxygen atoms in total. The average Bonchev–Trinajstić information content (AvgIpc) is 2.68. The number of nitrogens with zero attached hydrogens (tertiary/aromatic N) is 1. The Bertz CT molecular complexity index is 904. The van der Waals surface area contributed by atoms with E-state index in [-0.39, 0.29) is 17.2 Å². The zero-order valence-electron chi connectivity index (χ0n) is 14.4. The number of aromatic hydroxyl groups is 1. The van der Waals surface area contributed by atoms with Crippen LogP contribution in [0.3, 0.4) is 0 Å². The Morgan fingerprint density at radius 2 is 1.56 bits per heavy atom. The van der Waals surface area contributed by atoms with Gasteiger partial charge in [0.1, 0.15) is 5.75 Å². The summed E-state index contributed by atoms with van der Waals surface area (Å²) in [4.78, 5) is 13.8. The highest BCUT2D eigenvalue weighted by Gasteiger charge is 2.28. The summed E-state index contributed by atoms with van der Waals surface area (Å²) in [6.07, 6.45) is 1.54. The molecule has 0 unspecified atom stereocenters. The summed E-state index contributed by atoms with van der Waals surface area (Å²) in [5, 5.41) is 9.36. The summed E-state index contributed by atoms with van der Waals surface area (Å²) in [5.74, 6) is -3.23. The molecule has 1 aliphatic rings. The largest absolute Gasteiger partial charge is 0.508 e. The fourth-order valence-corrected chi connectivity index (χ4v) is 3.96. The van der Waals surface area contributed by atoms with E-state index in [9.17, 15) is 27.1 Å². The molecule has 1 N–H and O–H groups in total. The van der Waals surface area contributed by atoms with E-state index in [4.69, 9.17) is 0 Å². The summed E-state index contributed by atoms with van der Waals surface area (Å²) in [6.45, 7) is 1.09. The third kappa shape index (κ3) is 4.10. The van der Waals surface area contributed by atoms with E-state index < -0.39 is 20.5 Å². The summed E-state index contributed by atoms with van der Waals surface area (Å²) in [6, 6.07) is 11.6. The Labute approximate surface area is 156 Å². The maximum absolute atomic E-state index is 12.6. The van der Waals surface area contributed by atoms with Crippen molar-refractivity contribution in [2.45, 2.75) is 29.4 Å². The minimum Gasteiger partial charge on any atom is -0.508 e. The van der Waals surface area contributed by atoms with Crippen LogP contribution in [0.25, 0.3) is 0 Å². The molecule has 1 amide bonds. The number of likely N-dealkylation sites (tertiary alicyclic amines) is 1. The molecule has 1 saturated heterocycles. The van der Waals surface area contributed by atoms with Gasteiger partial charge in [0.05, 0.1) is 4.90 Å². The summed E-state index contributed by atoms with van der Waals surface area (Å²) in [7, 11) is -4.66. The fourth-order valence-electron chi connectivity index (χ4n) is 3.24. The maximum Gasteiger partial charge on any atom is 0.341 e. The highest BCUT2D eigenvalue weighted by Crippen LogP contribution is 2.29. The summed E-state index contributed by atoms with van der Waals surface area (Å²) < 4.78 is 48.0. The lowest BCUT2D eigenvalue weighted by Gasteiger charge is -2.32. The van der Waals surface area contributed by atoms with E-state index in [1.807, 2.05) is 12.1 Å². The van der Waals surface area contributed by atoms with E-state index >= 15 is 0 Å². The van der Waals surface area contributed by atoms with Crippen molar-refractivity contribution in [1.29, 1.82) is 0 Å². The molecule has 1 fully saturated rings. The molecule has 2 aromatic carbocycles. The lowest BCUT2D eigenvalue weighted by Crippen LogP contribution is -2.37. The van der Waals surface area contributed by atoms with Gasteiger partial charge in [-0.25, -0.2) is 8.42 Å². The van der Waals surface area contributed by atoms with Crippen molar-refractivity contribution >= 4 is 15.7 Å². The second-order valence-corrected chi connectivity index (χ2v) is 8.41. The molecular formula is C19H19F2NO4S. The van der Waals surface area contributed by atoms with Crippen molar-refractivity contribution in [3.8, 4) is 5.75 Å². The Morgan fingerprint density at radius 1 is 1.00 bits per heavy atom. The number of hydrogen-bond donors (Lipinski definition) is 1. The van der Waals surface area contributed by atoms with Crippen LogP contribution >= 0.6 is 0 Å². The molecule has 3 rings (SSSR count). The molecule has 0 saturated carbocycles. The standard InChI is InChI=1S/C19H19F2NO4S/c20-19(21)27(25,26)17-7-3-15(4-8-17)18(24)22-11-9-14(10-12-22)13-1-5-16(23)6-2-13/h1-8,14,19,23H,9-12H2. The molecule has 1 aliphatic heterocycles. The van der Waals surface area contributed by atoms with E-state index in [1.165, 1.54) is 12.1 Å². The number of carbonyl (C=O) groups excluding carboxylic acids is 1. The van der Waals surface area contributed by atoms with Crippen molar-refractivity contribution in [3.05, 3.63) is 59.7 Å². The predicted molar refractivity (Wildman–Crippen MR) is 95.6 cm³/mol. The molecule has 144 valence electrons. The quantitative estimate of drug-likeness (QED) is 0.861. The smallest absolute Gasteiger partial charge is 0.341 e. The van der Waals surface area contributed by atoms with E-state index in [0.717, 1.165) is 30.5 Å². The van der Waals surface area contributed by atoms with Crippen molar-refractivity contribution in [2.75, 3.05) is 13.1 Å². The number of sulfone groups is 1. The minimum absolute atomic E-state index is 0.212. The van der Waals surface area contributed by atoms with E-state index in [1.54, 1.807) is 17.0 Å². The highest BCUT2D eigenvalue weighted by molar-refractivity contribution is 7.91. The van der Waals surface area contributed by atoms with Crippen LogP contribution in [-0.4, -0.2) is 43.2 Å². The number of carbonyl (C=O) groups is 1. The van der Waals surface area contributed by atoms with Crippen molar-refractivity contribution in [3.63, 3.8) is 0 Å². The van der Waals surface area contributed by atoms with Crippen LogP contribution in [0.2, 0.25) is 0 Å². The number of hydrogen-bond acceptors (Lipinski definition) is 4. The first-order valence-corrected chi connectivity index (χ1v) is 10.0. The van der Waals surface area contributed by atoms with Crippen LogP contribution in [-0.2, 0) is 9.84 Å². The summed E-state index contributed by atoms with van der Waals surface area (Å²) >= 11 is 0. The average molecular weight is 395 g/mol. The van der Waals surface area contributed by atoms with Crippen molar-refractivity contribution in [1.82, 2.24) is 4.90 Å². The van der Waals surface area contributed by atoms with Gasteiger partial charge in [0.2, 0.25) is 9.84 Å². The molecule has 0 spiro atoms. The molecule has 0 bridgehead atoms. The van der Waals surface area contributed by atoms with Crippen molar-refractivity contribution < 1.29 is 27.1 Å². The molecule has 0 atom stereocenters. The molecule has 8 heteroatoms. The van der Waals surface area contributed by atoms with Crippen molar-refractivity contribution in [2.24, 2.45) is 0 Å². The molecule has 1 heterocycles. The number of alkyl halides is 2. The lowest BCUT2D eigenvalue weighted by atomic mass is 9.89. The molecule has 0 radical (unpaired) electrons. The van der Waals surface area contributed by atoms with Crippen LogP contribution < -0.4 is 0 Å². The third-order valence-electron chi connectivity index (χ3n) is 4.81. The zero-order chi connectivity index (χ0) is 19.6. The van der Waals surface area contributed by atoms with Gasteiger partial charge in [-0.15, -0.1) is 0 Å². The normalized spacial score (nSPS) is 15.9. The van der Waals surface area contributed by atoms with Gasteiger partial charge >= 0.3 is 5.76 Å². The Balaban J connectivity index is 1.65. The van der Waals surface area contributed by atoms with Gasteiger partial charge in [-0.1, -0.05) is 12.1 Å². The Kier molecular flexibility index (Phi) is 5.46. The summed E-state index contributed by atoms with van der Waals surface area (Å²) in [5.41, 5.74) is 1.38. The second-order valence-electron chi connectivity index (χ2n) is 6.49. The predicted octanol–water partition coefficient (Wildman–Crippen LogP) is 3.41. The SMILES string of the molecule is O=C(c1ccc(S(=O)(=O)C(F)F)cc1)N1CCC(c2ccc(O)cc2)CC1. The minimum atomic E-state index is -4.66. The van der Waals surface area contributed by atoms with Gasteiger partial charge in [-0.2, -0.15) is 8.78 Å². The Hall–Kier alpha value is -2.48. The first-order chi connectivity index (χ1) is 12.8. The first-order valence-electron chi connectivity index (χ1n) is 8.49. The lowest BCUT2D eigenvalue weighted by molar-refractivity contribution is 0.0713. The van der Waals surface area contributed by atoms with E-state index in [0.29, 0.717) is 19.0 Å². The van der Waals surface area contributed by atoms with Crippen LogP contribution in [0.15, 0.2) is 53.4 Å². The van der Waals surface area contributed by atoms with Crippen LogP contribution in [0.5, 0.6) is 5.75 Å². The van der Waals surface area contributed by atoms with Crippen LogP contribution in [0, 0.1) is 0 Å². The monoisotopic (exact) mass is 395 g/mol. The third-order valence-corrected chi connectivity index (χ3v) is 6.21. The fraction of sp³-hybridized carbons (Fsp3) is 0.316. The molecular weight excluding hydrogens is 376 g/mol.